The minimum absolute atomic E-state index is 0.187. The Kier molecular flexibility index (Phi) is 5.75. The number of carbonyl (C=O) groups excluding carboxylic acids is 1. The van der Waals surface area contributed by atoms with Crippen LogP contribution in [0.3, 0.4) is 0 Å². The van der Waals surface area contributed by atoms with Crippen molar-refractivity contribution in [2.45, 2.75) is 30.7 Å². The predicted molar refractivity (Wildman–Crippen MR) is 85.1 cm³/mol. The molecular weight excluding hydrogens is 292 g/mol. The summed E-state index contributed by atoms with van der Waals surface area (Å²) in [6, 6.07) is 7.79. The second-order valence-corrected chi connectivity index (χ2v) is 6.83. The number of amides is 1. The van der Waals surface area contributed by atoms with E-state index in [-0.39, 0.29) is 11.9 Å². The number of piperidine rings is 1. The Morgan fingerprint density at radius 3 is 2.80 bits per heavy atom. The molecule has 2 N–H and O–H groups in total. The number of hydrogen-bond acceptors (Lipinski definition) is 3. The van der Waals surface area contributed by atoms with Crippen LogP contribution in [-0.2, 0) is 4.79 Å². The first kappa shape index (κ1) is 15.7. The van der Waals surface area contributed by atoms with E-state index in [1.54, 1.807) is 11.8 Å². The molecule has 1 aromatic carbocycles. The normalized spacial score (nSPS) is 22.9. The van der Waals surface area contributed by atoms with Crippen LogP contribution in [-0.4, -0.2) is 35.7 Å². The monoisotopic (exact) mass is 312 g/mol. The summed E-state index contributed by atoms with van der Waals surface area (Å²) in [5.41, 5.74) is 5.80. The highest BCUT2D eigenvalue weighted by atomic mass is 35.5. The Labute approximate surface area is 129 Å². The van der Waals surface area contributed by atoms with Crippen molar-refractivity contribution in [2.24, 2.45) is 11.7 Å². The van der Waals surface area contributed by atoms with Gasteiger partial charge in [0.2, 0.25) is 5.91 Å². The molecule has 5 heteroatoms. The fraction of sp³-hybridized carbons (Fsp3) is 0.533. The van der Waals surface area contributed by atoms with Gasteiger partial charge in [0.1, 0.15) is 0 Å². The van der Waals surface area contributed by atoms with Gasteiger partial charge in [0.15, 0.2) is 0 Å². The van der Waals surface area contributed by atoms with Gasteiger partial charge in [0.05, 0.1) is 5.75 Å². The minimum atomic E-state index is 0.187. The maximum atomic E-state index is 12.3. The summed E-state index contributed by atoms with van der Waals surface area (Å²) < 4.78 is 0. The van der Waals surface area contributed by atoms with Crippen molar-refractivity contribution in [2.75, 3.05) is 18.8 Å². The van der Waals surface area contributed by atoms with Crippen molar-refractivity contribution in [3.63, 3.8) is 0 Å². The number of rotatable bonds is 4. The third kappa shape index (κ3) is 4.14. The first-order chi connectivity index (χ1) is 9.60. The number of halogens is 1. The van der Waals surface area contributed by atoms with Gasteiger partial charge in [-0.2, -0.15) is 0 Å². The Balaban J connectivity index is 1.89. The standard InChI is InChI=1S/C15H21ClN2OS/c1-11-6-7-18(13(8-11)9-17)15(19)10-20-14-4-2-12(16)3-5-14/h2-5,11,13H,6-10,17H2,1H3. The van der Waals surface area contributed by atoms with Gasteiger partial charge >= 0.3 is 0 Å². The van der Waals surface area contributed by atoms with Gasteiger partial charge in [-0.25, -0.2) is 0 Å². The molecule has 2 rings (SSSR count). The average Bonchev–Trinajstić information content (AvgIpc) is 2.46. The zero-order valence-electron chi connectivity index (χ0n) is 11.7. The summed E-state index contributed by atoms with van der Waals surface area (Å²) in [5, 5.41) is 0.717. The zero-order valence-corrected chi connectivity index (χ0v) is 13.3. The van der Waals surface area contributed by atoms with Crippen LogP contribution in [0.2, 0.25) is 5.02 Å². The molecular formula is C15H21ClN2OS. The maximum Gasteiger partial charge on any atom is 0.233 e. The molecule has 1 amide bonds. The van der Waals surface area contributed by atoms with Gasteiger partial charge in [-0.05, 0) is 43.0 Å². The molecule has 2 atom stereocenters. The average molecular weight is 313 g/mol. The number of thioether (sulfide) groups is 1. The highest BCUT2D eigenvalue weighted by molar-refractivity contribution is 8.00. The van der Waals surface area contributed by atoms with Crippen LogP contribution in [0.15, 0.2) is 29.2 Å². The van der Waals surface area contributed by atoms with Crippen LogP contribution in [0, 0.1) is 5.92 Å². The number of benzene rings is 1. The molecule has 1 saturated heterocycles. The van der Waals surface area contributed by atoms with Crippen molar-refractivity contribution in [3.8, 4) is 0 Å². The van der Waals surface area contributed by atoms with Crippen LogP contribution >= 0.6 is 23.4 Å². The van der Waals surface area contributed by atoms with E-state index in [9.17, 15) is 4.79 Å². The Hall–Kier alpha value is -0.710. The van der Waals surface area contributed by atoms with Crippen LogP contribution in [0.1, 0.15) is 19.8 Å². The molecule has 0 saturated carbocycles. The number of hydrogen-bond donors (Lipinski definition) is 1. The van der Waals surface area contributed by atoms with Gasteiger partial charge in [-0.1, -0.05) is 18.5 Å². The molecule has 0 aliphatic carbocycles. The van der Waals surface area contributed by atoms with E-state index in [1.807, 2.05) is 29.2 Å². The third-order valence-electron chi connectivity index (χ3n) is 3.75. The Morgan fingerprint density at radius 2 is 2.15 bits per heavy atom. The van der Waals surface area contributed by atoms with Gasteiger partial charge in [-0.3, -0.25) is 4.79 Å². The molecule has 1 fully saturated rings. The van der Waals surface area contributed by atoms with Crippen molar-refractivity contribution in [1.29, 1.82) is 0 Å². The molecule has 1 aliphatic heterocycles. The molecule has 0 bridgehead atoms. The van der Waals surface area contributed by atoms with Crippen LogP contribution in [0.25, 0.3) is 0 Å². The summed E-state index contributed by atoms with van der Waals surface area (Å²) in [6.07, 6.45) is 2.10. The molecule has 1 aromatic rings. The molecule has 20 heavy (non-hydrogen) atoms. The largest absolute Gasteiger partial charge is 0.338 e. The van der Waals surface area contributed by atoms with Gasteiger partial charge in [-0.15, -0.1) is 11.8 Å². The molecule has 110 valence electrons. The van der Waals surface area contributed by atoms with Gasteiger partial charge < -0.3 is 10.6 Å². The van der Waals surface area contributed by atoms with E-state index >= 15 is 0 Å². The second kappa shape index (κ2) is 7.34. The van der Waals surface area contributed by atoms with Gasteiger partial charge in [0.25, 0.3) is 0 Å². The highest BCUT2D eigenvalue weighted by Crippen LogP contribution is 2.25. The van der Waals surface area contributed by atoms with Crippen LogP contribution < -0.4 is 5.73 Å². The molecule has 1 heterocycles. The second-order valence-electron chi connectivity index (χ2n) is 5.35. The van der Waals surface area contributed by atoms with Crippen molar-refractivity contribution in [3.05, 3.63) is 29.3 Å². The highest BCUT2D eigenvalue weighted by Gasteiger charge is 2.28. The minimum Gasteiger partial charge on any atom is -0.338 e. The quantitative estimate of drug-likeness (QED) is 0.869. The lowest BCUT2D eigenvalue weighted by Gasteiger charge is -2.38. The summed E-state index contributed by atoms with van der Waals surface area (Å²) in [4.78, 5) is 15.4. The smallest absolute Gasteiger partial charge is 0.233 e. The number of nitrogens with zero attached hydrogens (tertiary/aromatic N) is 1. The Bertz CT molecular complexity index is 452. The molecule has 3 nitrogen and oxygen atoms in total. The molecule has 0 spiro atoms. The molecule has 1 aliphatic rings. The summed E-state index contributed by atoms with van der Waals surface area (Å²) in [5.74, 6) is 1.32. The predicted octanol–water partition coefficient (Wildman–Crippen LogP) is 3.02. The molecule has 0 radical (unpaired) electrons. The maximum absolute atomic E-state index is 12.3. The zero-order chi connectivity index (χ0) is 14.5. The molecule has 0 aromatic heterocycles. The lowest BCUT2D eigenvalue weighted by molar-refractivity contribution is -0.132. The van der Waals surface area contributed by atoms with E-state index in [0.717, 1.165) is 24.3 Å². The summed E-state index contributed by atoms with van der Waals surface area (Å²) in [6.45, 7) is 3.62. The first-order valence-corrected chi connectivity index (χ1v) is 8.34. The van der Waals surface area contributed by atoms with Crippen molar-refractivity contribution < 1.29 is 4.79 Å². The fourth-order valence-corrected chi connectivity index (χ4v) is 3.47. The Morgan fingerprint density at radius 1 is 1.45 bits per heavy atom. The van der Waals surface area contributed by atoms with E-state index < -0.39 is 0 Å². The van der Waals surface area contributed by atoms with Crippen molar-refractivity contribution >= 4 is 29.3 Å². The van der Waals surface area contributed by atoms with E-state index in [4.69, 9.17) is 17.3 Å². The number of nitrogens with two attached hydrogens (primary N) is 1. The lowest BCUT2D eigenvalue weighted by atomic mass is 9.92. The molecule has 2 unspecified atom stereocenters. The van der Waals surface area contributed by atoms with Crippen LogP contribution in [0.5, 0.6) is 0 Å². The summed E-state index contributed by atoms with van der Waals surface area (Å²) in [7, 11) is 0. The number of carbonyl (C=O) groups is 1. The van der Waals surface area contributed by atoms with Crippen molar-refractivity contribution in [1.82, 2.24) is 4.90 Å². The number of likely N-dealkylation sites (tertiary alicyclic amines) is 1. The van der Waals surface area contributed by atoms with Gasteiger partial charge in [0, 0.05) is 29.0 Å². The third-order valence-corrected chi connectivity index (χ3v) is 5.00. The van der Waals surface area contributed by atoms with Crippen LogP contribution in [0.4, 0.5) is 0 Å². The van der Waals surface area contributed by atoms with E-state index in [1.165, 1.54) is 0 Å². The lowest BCUT2D eigenvalue weighted by Crippen LogP contribution is -2.49. The van der Waals surface area contributed by atoms with E-state index in [2.05, 4.69) is 6.92 Å². The summed E-state index contributed by atoms with van der Waals surface area (Å²) >= 11 is 7.40. The van der Waals surface area contributed by atoms with E-state index in [0.29, 0.717) is 23.2 Å². The first-order valence-electron chi connectivity index (χ1n) is 6.98. The SMILES string of the molecule is CC1CCN(C(=O)CSc2ccc(Cl)cc2)C(CN)C1. The topological polar surface area (TPSA) is 46.3 Å². The fourth-order valence-electron chi connectivity index (χ4n) is 2.56.